The molecule has 0 radical (unpaired) electrons. The number of carbonyl (C=O) groups is 1. The van der Waals surface area contributed by atoms with Crippen molar-refractivity contribution >= 4 is 5.97 Å². The van der Waals surface area contributed by atoms with Crippen molar-refractivity contribution in [2.75, 3.05) is 6.54 Å². The predicted octanol–water partition coefficient (Wildman–Crippen LogP) is 2.22. The van der Waals surface area contributed by atoms with Gasteiger partial charge < -0.3 is 5.11 Å². The normalized spacial score (nSPS) is 40.0. The van der Waals surface area contributed by atoms with Crippen molar-refractivity contribution < 1.29 is 9.90 Å². The molecule has 92 valence electrons. The summed E-state index contributed by atoms with van der Waals surface area (Å²) in [5.41, 5.74) is 0. The smallest absolute Gasteiger partial charge is 0.308 e. The van der Waals surface area contributed by atoms with E-state index in [9.17, 15) is 4.79 Å². The van der Waals surface area contributed by atoms with Crippen LogP contribution < -0.4 is 0 Å². The highest BCUT2D eigenvalue weighted by atomic mass is 16.4. The first kappa shape index (κ1) is 11.9. The molecule has 16 heavy (non-hydrogen) atoms. The molecule has 0 spiro atoms. The molecule has 2 aliphatic rings. The Hall–Kier alpha value is -0.570. The van der Waals surface area contributed by atoms with Crippen molar-refractivity contribution in [2.24, 2.45) is 17.8 Å². The fourth-order valence-electron chi connectivity index (χ4n) is 3.25. The van der Waals surface area contributed by atoms with Crippen LogP contribution >= 0.6 is 0 Å². The molecular weight excluding hydrogens is 202 g/mol. The maximum atomic E-state index is 11.0. The summed E-state index contributed by atoms with van der Waals surface area (Å²) in [6, 6.07) is 0.891. The number of rotatable bonds is 3. The molecule has 3 heteroatoms. The number of hydrogen-bond acceptors (Lipinski definition) is 2. The van der Waals surface area contributed by atoms with E-state index in [0.717, 1.165) is 24.8 Å². The lowest BCUT2D eigenvalue weighted by atomic mass is 9.73. The van der Waals surface area contributed by atoms with Gasteiger partial charge in [0.1, 0.15) is 0 Å². The molecule has 1 N–H and O–H groups in total. The van der Waals surface area contributed by atoms with Gasteiger partial charge in [0.15, 0.2) is 0 Å². The summed E-state index contributed by atoms with van der Waals surface area (Å²) in [4.78, 5) is 13.5. The van der Waals surface area contributed by atoms with Gasteiger partial charge in [-0.2, -0.15) is 0 Å². The molecule has 0 aromatic rings. The fraction of sp³-hybridized carbons (Fsp3) is 0.923. The van der Waals surface area contributed by atoms with Gasteiger partial charge in [0.2, 0.25) is 0 Å². The summed E-state index contributed by atoms with van der Waals surface area (Å²) in [5.74, 6) is 0.887. The molecule has 1 aliphatic heterocycles. The van der Waals surface area contributed by atoms with E-state index in [4.69, 9.17) is 5.11 Å². The van der Waals surface area contributed by atoms with Gasteiger partial charge in [-0.15, -0.1) is 0 Å². The zero-order chi connectivity index (χ0) is 11.9. The van der Waals surface area contributed by atoms with Crippen LogP contribution in [0.25, 0.3) is 0 Å². The number of likely N-dealkylation sites (tertiary alicyclic amines) is 1. The van der Waals surface area contributed by atoms with E-state index in [1.54, 1.807) is 0 Å². The number of carboxylic acids is 1. The van der Waals surface area contributed by atoms with Crippen LogP contribution in [0.15, 0.2) is 0 Å². The summed E-state index contributed by atoms with van der Waals surface area (Å²) in [6.07, 6.45) is 3.38. The largest absolute Gasteiger partial charge is 0.481 e. The molecule has 1 saturated carbocycles. The molecule has 0 amide bonds. The van der Waals surface area contributed by atoms with E-state index in [2.05, 4.69) is 25.7 Å². The Bertz CT molecular complexity index is 271. The van der Waals surface area contributed by atoms with Gasteiger partial charge in [0.05, 0.1) is 5.92 Å². The lowest BCUT2D eigenvalue weighted by Gasteiger charge is -2.45. The molecule has 1 saturated heterocycles. The minimum Gasteiger partial charge on any atom is -0.481 e. The standard InChI is InChI=1S/C13H23NO2/c1-8(2)10-6-11(7-10)14-5-4-12(9(14)3)13(15)16/h8-12H,4-7H2,1-3H3,(H,15,16). The highest BCUT2D eigenvalue weighted by molar-refractivity contribution is 5.71. The average molecular weight is 225 g/mol. The van der Waals surface area contributed by atoms with Gasteiger partial charge in [-0.3, -0.25) is 9.69 Å². The minimum atomic E-state index is -0.616. The van der Waals surface area contributed by atoms with Crippen molar-refractivity contribution in [3.05, 3.63) is 0 Å². The molecule has 2 atom stereocenters. The molecule has 0 bridgehead atoms. The molecule has 3 nitrogen and oxygen atoms in total. The second-order valence-corrected chi connectivity index (χ2v) is 5.84. The first-order chi connectivity index (χ1) is 7.50. The van der Waals surface area contributed by atoms with Crippen LogP contribution in [0.4, 0.5) is 0 Å². The van der Waals surface area contributed by atoms with Crippen LogP contribution in [-0.2, 0) is 4.79 Å². The van der Waals surface area contributed by atoms with Gasteiger partial charge in [-0.05, 0) is 44.6 Å². The summed E-state index contributed by atoms with van der Waals surface area (Å²) >= 11 is 0. The average Bonchev–Trinajstić information content (AvgIpc) is 2.45. The molecule has 2 fully saturated rings. The lowest BCUT2D eigenvalue weighted by molar-refractivity contribution is -0.142. The molecule has 1 aliphatic carbocycles. The van der Waals surface area contributed by atoms with Gasteiger partial charge in [0, 0.05) is 12.1 Å². The van der Waals surface area contributed by atoms with Gasteiger partial charge in [0.25, 0.3) is 0 Å². The molecule has 0 aromatic carbocycles. The molecule has 1 heterocycles. The maximum absolute atomic E-state index is 11.0. The van der Waals surface area contributed by atoms with Crippen LogP contribution in [-0.4, -0.2) is 34.6 Å². The third-order valence-corrected chi connectivity index (χ3v) is 4.68. The lowest BCUT2D eigenvalue weighted by Crippen LogP contribution is -2.48. The second kappa shape index (κ2) is 4.36. The topological polar surface area (TPSA) is 40.5 Å². The number of carboxylic acid groups (broad SMARTS) is 1. The summed E-state index contributed by atoms with van der Waals surface area (Å²) in [6.45, 7) is 7.63. The Kier molecular flexibility index (Phi) is 3.24. The Balaban J connectivity index is 1.87. The van der Waals surface area contributed by atoms with Crippen LogP contribution in [0.3, 0.4) is 0 Å². The van der Waals surface area contributed by atoms with E-state index in [1.807, 2.05) is 0 Å². The van der Waals surface area contributed by atoms with E-state index < -0.39 is 5.97 Å². The van der Waals surface area contributed by atoms with Crippen molar-refractivity contribution in [1.29, 1.82) is 0 Å². The van der Waals surface area contributed by atoms with Crippen molar-refractivity contribution in [1.82, 2.24) is 4.90 Å². The third kappa shape index (κ3) is 1.97. The fourth-order valence-corrected chi connectivity index (χ4v) is 3.25. The first-order valence-electron chi connectivity index (χ1n) is 6.49. The van der Waals surface area contributed by atoms with Crippen LogP contribution in [0.2, 0.25) is 0 Å². The van der Waals surface area contributed by atoms with E-state index in [-0.39, 0.29) is 12.0 Å². The van der Waals surface area contributed by atoms with Crippen LogP contribution in [0.1, 0.15) is 40.0 Å². The number of aliphatic carboxylic acids is 1. The van der Waals surface area contributed by atoms with Crippen molar-refractivity contribution in [3.8, 4) is 0 Å². The summed E-state index contributed by atoms with van der Waals surface area (Å²) in [7, 11) is 0. The highest BCUT2D eigenvalue weighted by Gasteiger charge is 2.43. The number of nitrogens with zero attached hydrogens (tertiary/aromatic N) is 1. The maximum Gasteiger partial charge on any atom is 0.308 e. The van der Waals surface area contributed by atoms with Crippen LogP contribution in [0.5, 0.6) is 0 Å². The zero-order valence-corrected chi connectivity index (χ0v) is 10.5. The van der Waals surface area contributed by atoms with Gasteiger partial charge in [-0.25, -0.2) is 0 Å². The van der Waals surface area contributed by atoms with Crippen LogP contribution in [0, 0.1) is 17.8 Å². The van der Waals surface area contributed by atoms with E-state index in [1.165, 1.54) is 12.8 Å². The third-order valence-electron chi connectivity index (χ3n) is 4.68. The summed E-state index contributed by atoms with van der Waals surface area (Å²) in [5, 5.41) is 9.09. The molecular formula is C13H23NO2. The Labute approximate surface area is 97.8 Å². The monoisotopic (exact) mass is 225 g/mol. The molecule has 2 unspecified atom stereocenters. The summed E-state index contributed by atoms with van der Waals surface area (Å²) < 4.78 is 0. The van der Waals surface area contributed by atoms with Gasteiger partial charge >= 0.3 is 5.97 Å². The Morgan fingerprint density at radius 2 is 2.00 bits per heavy atom. The van der Waals surface area contributed by atoms with Crippen molar-refractivity contribution in [3.63, 3.8) is 0 Å². The van der Waals surface area contributed by atoms with E-state index >= 15 is 0 Å². The second-order valence-electron chi connectivity index (χ2n) is 5.84. The SMILES string of the molecule is CC(C)C1CC(N2CCC(C(=O)O)C2C)C1. The Morgan fingerprint density at radius 1 is 1.38 bits per heavy atom. The molecule has 0 aromatic heterocycles. The first-order valence-corrected chi connectivity index (χ1v) is 6.49. The van der Waals surface area contributed by atoms with Gasteiger partial charge in [-0.1, -0.05) is 13.8 Å². The zero-order valence-electron chi connectivity index (χ0n) is 10.5. The predicted molar refractivity (Wildman–Crippen MR) is 63.3 cm³/mol. The van der Waals surface area contributed by atoms with Crippen molar-refractivity contribution in [2.45, 2.75) is 52.1 Å². The molecule has 2 rings (SSSR count). The number of hydrogen-bond donors (Lipinski definition) is 1. The quantitative estimate of drug-likeness (QED) is 0.800. The highest BCUT2D eigenvalue weighted by Crippen LogP contribution is 2.40. The Morgan fingerprint density at radius 3 is 2.44 bits per heavy atom. The minimum absolute atomic E-state index is 0.141. The van der Waals surface area contributed by atoms with E-state index in [0.29, 0.717) is 6.04 Å².